The minimum absolute atomic E-state index is 0.915. The van der Waals surface area contributed by atoms with Crippen molar-refractivity contribution >= 4 is 10.8 Å². The van der Waals surface area contributed by atoms with Crippen LogP contribution in [0.25, 0.3) is 10.8 Å². The average molecular weight is 336 g/mol. The van der Waals surface area contributed by atoms with Gasteiger partial charge in [-0.1, -0.05) is 29.8 Å². The molecule has 2 nitrogen and oxygen atoms in total. The molecular weight excluding hydrogens is 308 g/mol. The summed E-state index contributed by atoms with van der Waals surface area (Å²) in [5.74, 6) is 1.91. The second-order valence-corrected chi connectivity index (χ2v) is 6.49. The van der Waals surface area contributed by atoms with E-state index in [1.807, 2.05) is 6.07 Å². The molecule has 0 fully saturated rings. The fourth-order valence-corrected chi connectivity index (χ4v) is 2.86. The standard InChI is InChI=1S/C12H12O.C11H16O/c1-9-3-4-10-5-6-12(13-2)8-11(10)7-9;1-7-6-11(12-5)10(4)9(3)8(7)2/h3-8H,1-2H3;6H,1-5H3. The first-order valence-corrected chi connectivity index (χ1v) is 8.53. The lowest BCUT2D eigenvalue weighted by atomic mass is 9.99. The van der Waals surface area contributed by atoms with Crippen LogP contribution >= 0.6 is 0 Å². The van der Waals surface area contributed by atoms with E-state index in [2.05, 4.69) is 71.0 Å². The summed E-state index contributed by atoms with van der Waals surface area (Å²) in [6.45, 7) is 10.6. The van der Waals surface area contributed by atoms with Gasteiger partial charge in [0.25, 0.3) is 0 Å². The van der Waals surface area contributed by atoms with E-state index < -0.39 is 0 Å². The molecule has 0 saturated heterocycles. The van der Waals surface area contributed by atoms with Crippen molar-refractivity contribution in [3.05, 3.63) is 70.3 Å². The van der Waals surface area contributed by atoms with Gasteiger partial charge in [0, 0.05) is 0 Å². The van der Waals surface area contributed by atoms with Crippen molar-refractivity contribution in [1.82, 2.24) is 0 Å². The molecule has 0 bridgehead atoms. The molecule has 0 unspecified atom stereocenters. The van der Waals surface area contributed by atoms with Crippen LogP contribution in [0.15, 0.2) is 42.5 Å². The Morgan fingerprint density at radius 3 is 1.92 bits per heavy atom. The highest BCUT2D eigenvalue weighted by molar-refractivity contribution is 5.84. The van der Waals surface area contributed by atoms with Crippen molar-refractivity contribution < 1.29 is 9.47 Å². The van der Waals surface area contributed by atoms with E-state index in [4.69, 9.17) is 9.47 Å². The van der Waals surface area contributed by atoms with Crippen LogP contribution in [0, 0.1) is 34.6 Å². The van der Waals surface area contributed by atoms with E-state index in [9.17, 15) is 0 Å². The van der Waals surface area contributed by atoms with Gasteiger partial charge in [-0.3, -0.25) is 0 Å². The van der Waals surface area contributed by atoms with Crippen molar-refractivity contribution in [2.45, 2.75) is 34.6 Å². The molecule has 25 heavy (non-hydrogen) atoms. The van der Waals surface area contributed by atoms with Gasteiger partial charge in [-0.15, -0.1) is 0 Å². The predicted octanol–water partition coefficient (Wildman–Crippen LogP) is 6.09. The molecule has 2 heteroatoms. The molecule has 0 spiro atoms. The van der Waals surface area contributed by atoms with Crippen LogP contribution in [0.5, 0.6) is 11.5 Å². The van der Waals surface area contributed by atoms with Gasteiger partial charge in [0.05, 0.1) is 14.2 Å². The highest BCUT2D eigenvalue weighted by Crippen LogP contribution is 2.26. The zero-order valence-electron chi connectivity index (χ0n) is 16.4. The Hall–Kier alpha value is -2.48. The fraction of sp³-hybridized carbons (Fsp3) is 0.304. The maximum atomic E-state index is 5.26. The lowest BCUT2D eigenvalue weighted by Crippen LogP contribution is -1.95. The third kappa shape index (κ3) is 4.33. The second kappa shape index (κ2) is 8.06. The number of hydrogen-bond acceptors (Lipinski definition) is 2. The Kier molecular flexibility index (Phi) is 6.08. The summed E-state index contributed by atoms with van der Waals surface area (Å²) in [6.07, 6.45) is 0. The van der Waals surface area contributed by atoms with E-state index >= 15 is 0 Å². The third-order valence-electron chi connectivity index (χ3n) is 4.86. The van der Waals surface area contributed by atoms with Crippen molar-refractivity contribution in [2.75, 3.05) is 14.2 Å². The summed E-state index contributed by atoms with van der Waals surface area (Å²) in [5, 5.41) is 2.49. The van der Waals surface area contributed by atoms with E-state index in [0.717, 1.165) is 11.5 Å². The highest BCUT2D eigenvalue weighted by Gasteiger charge is 2.06. The molecule has 0 radical (unpaired) electrons. The van der Waals surface area contributed by atoms with Crippen LogP contribution in [0.4, 0.5) is 0 Å². The highest BCUT2D eigenvalue weighted by atomic mass is 16.5. The van der Waals surface area contributed by atoms with Crippen molar-refractivity contribution in [3.63, 3.8) is 0 Å². The summed E-state index contributed by atoms with van der Waals surface area (Å²) in [7, 11) is 3.41. The Balaban J connectivity index is 0.000000181. The average Bonchev–Trinajstić information content (AvgIpc) is 2.62. The number of fused-ring (bicyclic) bond motifs is 1. The maximum absolute atomic E-state index is 5.26. The van der Waals surface area contributed by atoms with Crippen molar-refractivity contribution in [2.24, 2.45) is 0 Å². The lowest BCUT2D eigenvalue weighted by molar-refractivity contribution is 0.411. The zero-order chi connectivity index (χ0) is 18.6. The first-order valence-electron chi connectivity index (χ1n) is 8.53. The summed E-state index contributed by atoms with van der Waals surface area (Å²) >= 11 is 0. The number of benzene rings is 3. The maximum Gasteiger partial charge on any atom is 0.122 e. The third-order valence-corrected chi connectivity index (χ3v) is 4.86. The van der Waals surface area contributed by atoms with Crippen molar-refractivity contribution in [3.8, 4) is 11.5 Å². The fourth-order valence-electron chi connectivity index (χ4n) is 2.86. The Labute approximate surface area is 151 Å². The van der Waals surface area contributed by atoms with Gasteiger partial charge in [-0.25, -0.2) is 0 Å². The second-order valence-electron chi connectivity index (χ2n) is 6.49. The van der Waals surface area contributed by atoms with Gasteiger partial charge in [-0.05, 0) is 85.8 Å². The minimum Gasteiger partial charge on any atom is -0.497 e. The van der Waals surface area contributed by atoms with Gasteiger partial charge in [0.15, 0.2) is 0 Å². The molecule has 0 aliphatic heterocycles. The van der Waals surface area contributed by atoms with Gasteiger partial charge >= 0.3 is 0 Å². The van der Waals surface area contributed by atoms with E-state index in [0.29, 0.717) is 0 Å². The molecular formula is C23H28O2. The first kappa shape index (κ1) is 18.9. The molecule has 132 valence electrons. The largest absolute Gasteiger partial charge is 0.497 e. The molecule has 0 aliphatic rings. The monoisotopic (exact) mass is 336 g/mol. The molecule has 0 amide bonds. The normalized spacial score (nSPS) is 10.2. The Morgan fingerprint density at radius 1 is 0.600 bits per heavy atom. The number of methoxy groups -OCH3 is 2. The topological polar surface area (TPSA) is 18.5 Å². The lowest BCUT2D eigenvalue weighted by Gasteiger charge is -2.12. The molecule has 3 rings (SSSR count). The quantitative estimate of drug-likeness (QED) is 0.564. The molecule has 0 aliphatic carbocycles. The van der Waals surface area contributed by atoms with Crippen molar-refractivity contribution in [1.29, 1.82) is 0 Å². The van der Waals surface area contributed by atoms with Crippen LogP contribution in [0.1, 0.15) is 27.8 Å². The van der Waals surface area contributed by atoms with Crippen LogP contribution in [-0.4, -0.2) is 14.2 Å². The number of rotatable bonds is 2. The van der Waals surface area contributed by atoms with E-state index in [1.54, 1.807) is 14.2 Å². The smallest absolute Gasteiger partial charge is 0.122 e. The summed E-state index contributed by atoms with van der Waals surface area (Å²) in [5.41, 5.74) is 6.54. The predicted molar refractivity (Wildman–Crippen MR) is 107 cm³/mol. The molecule has 0 saturated carbocycles. The van der Waals surface area contributed by atoms with Crippen LogP contribution in [0.2, 0.25) is 0 Å². The van der Waals surface area contributed by atoms with Gasteiger partial charge in [-0.2, -0.15) is 0 Å². The molecule has 0 aromatic heterocycles. The number of aryl methyl sites for hydroxylation is 2. The molecule has 0 heterocycles. The summed E-state index contributed by atoms with van der Waals surface area (Å²) in [6, 6.07) is 14.6. The first-order chi connectivity index (χ1) is 11.9. The Bertz CT molecular complexity index is 879. The SMILES string of the molecule is COc1cc(C)c(C)c(C)c1C.COc1ccc2ccc(C)cc2c1. The molecule has 3 aromatic rings. The molecule has 3 aromatic carbocycles. The van der Waals surface area contributed by atoms with Crippen LogP contribution in [-0.2, 0) is 0 Å². The summed E-state index contributed by atoms with van der Waals surface area (Å²) < 4.78 is 10.4. The minimum atomic E-state index is 0.915. The zero-order valence-corrected chi connectivity index (χ0v) is 16.4. The number of hydrogen-bond donors (Lipinski definition) is 0. The van der Waals surface area contributed by atoms with Gasteiger partial charge < -0.3 is 9.47 Å². The van der Waals surface area contributed by atoms with Crippen LogP contribution < -0.4 is 9.47 Å². The number of ether oxygens (including phenoxy) is 2. The van der Waals surface area contributed by atoms with E-state index in [-0.39, 0.29) is 0 Å². The molecule has 0 atom stereocenters. The van der Waals surface area contributed by atoms with Crippen LogP contribution in [0.3, 0.4) is 0 Å². The van der Waals surface area contributed by atoms with E-state index in [1.165, 1.54) is 38.6 Å². The Morgan fingerprint density at radius 2 is 1.28 bits per heavy atom. The molecule has 0 N–H and O–H groups in total. The summed E-state index contributed by atoms with van der Waals surface area (Å²) in [4.78, 5) is 0. The van der Waals surface area contributed by atoms with Gasteiger partial charge in [0.1, 0.15) is 11.5 Å². The van der Waals surface area contributed by atoms with Gasteiger partial charge in [0.2, 0.25) is 0 Å².